The summed E-state index contributed by atoms with van der Waals surface area (Å²) in [5.41, 5.74) is 2.31. The molecule has 6 heteroatoms. The fourth-order valence-corrected chi connectivity index (χ4v) is 2.89. The van der Waals surface area contributed by atoms with Crippen molar-refractivity contribution in [3.8, 4) is 17.0 Å². The van der Waals surface area contributed by atoms with Crippen LogP contribution >= 0.6 is 22.9 Å². The quantitative estimate of drug-likeness (QED) is 0.749. The van der Waals surface area contributed by atoms with Gasteiger partial charge in [0.2, 0.25) is 0 Å². The molecule has 3 aromatic rings. The van der Waals surface area contributed by atoms with Gasteiger partial charge in [0.1, 0.15) is 10.8 Å². The van der Waals surface area contributed by atoms with E-state index in [1.807, 2.05) is 5.38 Å². The van der Waals surface area contributed by atoms with E-state index in [0.717, 1.165) is 16.3 Å². The first kappa shape index (κ1) is 15.5. The number of carbonyl (C=O) groups is 1. The van der Waals surface area contributed by atoms with Gasteiger partial charge in [0.25, 0.3) is 5.91 Å². The SMILES string of the molecule is O=C(NCc1nc(-c2ccc(O)cc2)cs1)c1ccc(Cl)cc1. The Morgan fingerprint density at radius 3 is 2.52 bits per heavy atom. The number of hydrogen-bond acceptors (Lipinski definition) is 4. The molecule has 4 nitrogen and oxygen atoms in total. The fourth-order valence-electron chi connectivity index (χ4n) is 2.02. The van der Waals surface area contributed by atoms with Gasteiger partial charge in [0.15, 0.2) is 0 Å². The van der Waals surface area contributed by atoms with E-state index in [9.17, 15) is 9.90 Å². The van der Waals surface area contributed by atoms with Crippen LogP contribution in [0.4, 0.5) is 0 Å². The second-order valence-electron chi connectivity index (χ2n) is 4.86. The van der Waals surface area contributed by atoms with Crippen molar-refractivity contribution >= 4 is 28.8 Å². The summed E-state index contributed by atoms with van der Waals surface area (Å²) in [4.78, 5) is 16.5. The van der Waals surface area contributed by atoms with Crippen molar-refractivity contribution in [3.05, 3.63) is 69.5 Å². The first-order valence-electron chi connectivity index (χ1n) is 6.89. The Morgan fingerprint density at radius 2 is 1.83 bits per heavy atom. The summed E-state index contributed by atoms with van der Waals surface area (Å²) in [6, 6.07) is 13.6. The lowest BCUT2D eigenvalue weighted by atomic mass is 10.2. The monoisotopic (exact) mass is 344 g/mol. The first-order chi connectivity index (χ1) is 11.1. The van der Waals surface area contributed by atoms with Gasteiger partial charge in [-0.1, -0.05) is 11.6 Å². The normalized spacial score (nSPS) is 10.5. The molecule has 0 aliphatic rings. The van der Waals surface area contributed by atoms with Crippen LogP contribution in [0.5, 0.6) is 5.75 Å². The summed E-state index contributed by atoms with van der Waals surface area (Å²) >= 11 is 7.28. The summed E-state index contributed by atoms with van der Waals surface area (Å²) in [6.45, 7) is 0.365. The van der Waals surface area contributed by atoms with E-state index in [1.165, 1.54) is 11.3 Å². The van der Waals surface area contributed by atoms with Gasteiger partial charge in [-0.2, -0.15) is 0 Å². The molecule has 0 saturated carbocycles. The second-order valence-corrected chi connectivity index (χ2v) is 6.24. The highest BCUT2D eigenvalue weighted by atomic mass is 35.5. The molecule has 1 heterocycles. The minimum Gasteiger partial charge on any atom is -0.508 e. The molecule has 0 radical (unpaired) electrons. The molecule has 0 bridgehead atoms. The molecule has 0 fully saturated rings. The average molecular weight is 345 g/mol. The molecule has 23 heavy (non-hydrogen) atoms. The minimum atomic E-state index is -0.164. The van der Waals surface area contributed by atoms with Crippen molar-refractivity contribution < 1.29 is 9.90 Å². The average Bonchev–Trinajstić information content (AvgIpc) is 3.03. The van der Waals surface area contributed by atoms with Crippen LogP contribution in [0.25, 0.3) is 11.3 Å². The van der Waals surface area contributed by atoms with Gasteiger partial charge in [-0.05, 0) is 48.5 Å². The number of phenolic OH excluding ortho intramolecular Hbond substituents is 1. The predicted octanol–water partition coefficient (Wildman–Crippen LogP) is 4.10. The summed E-state index contributed by atoms with van der Waals surface area (Å²) in [7, 11) is 0. The molecule has 0 aliphatic carbocycles. The zero-order valence-corrected chi connectivity index (χ0v) is 13.6. The Labute approximate surface area is 142 Å². The maximum Gasteiger partial charge on any atom is 0.251 e. The fraction of sp³-hybridized carbons (Fsp3) is 0.0588. The lowest BCUT2D eigenvalue weighted by Gasteiger charge is -2.03. The van der Waals surface area contributed by atoms with Gasteiger partial charge in [0, 0.05) is 21.5 Å². The molecule has 1 aromatic heterocycles. The number of rotatable bonds is 4. The van der Waals surface area contributed by atoms with Crippen LogP contribution in [-0.4, -0.2) is 16.0 Å². The number of carbonyl (C=O) groups excluding carboxylic acids is 1. The Bertz CT molecular complexity index is 813. The van der Waals surface area contributed by atoms with Crippen molar-refractivity contribution in [2.75, 3.05) is 0 Å². The van der Waals surface area contributed by atoms with Crippen LogP contribution in [0.3, 0.4) is 0 Å². The third-order valence-corrected chi connectivity index (χ3v) is 4.32. The largest absolute Gasteiger partial charge is 0.508 e. The van der Waals surface area contributed by atoms with Gasteiger partial charge < -0.3 is 10.4 Å². The number of hydrogen-bond donors (Lipinski definition) is 2. The molecule has 0 unspecified atom stereocenters. The van der Waals surface area contributed by atoms with Gasteiger partial charge in [-0.3, -0.25) is 4.79 Å². The van der Waals surface area contributed by atoms with E-state index < -0.39 is 0 Å². The zero-order valence-electron chi connectivity index (χ0n) is 12.0. The maximum atomic E-state index is 12.0. The standard InChI is InChI=1S/C17H13ClN2O2S/c18-13-5-1-12(2-6-13)17(22)19-9-16-20-15(10-23-16)11-3-7-14(21)8-4-11/h1-8,10,21H,9H2,(H,19,22). The molecule has 3 rings (SSSR count). The first-order valence-corrected chi connectivity index (χ1v) is 8.15. The zero-order chi connectivity index (χ0) is 16.2. The number of halogens is 1. The van der Waals surface area contributed by atoms with Crippen LogP contribution in [0.15, 0.2) is 53.9 Å². The van der Waals surface area contributed by atoms with Crippen molar-refractivity contribution in [1.82, 2.24) is 10.3 Å². The molecule has 2 N–H and O–H groups in total. The number of thiazole rings is 1. The number of nitrogens with zero attached hydrogens (tertiary/aromatic N) is 1. The highest BCUT2D eigenvalue weighted by Gasteiger charge is 2.08. The summed E-state index contributed by atoms with van der Waals surface area (Å²) in [6.07, 6.45) is 0. The Morgan fingerprint density at radius 1 is 1.13 bits per heavy atom. The Balaban J connectivity index is 1.64. The highest BCUT2D eigenvalue weighted by Crippen LogP contribution is 2.23. The second kappa shape index (κ2) is 6.81. The van der Waals surface area contributed by atoms with E-state index in [-0.39, 0.29) is 11.7 Å². The molecule has 2 aromatic carbocycles. The lowest BCUT2D eigenvalue weighted by Crippen LogP contribution is -2.22. The molecule has 0 atom stereocenters. The Kier molecular flexibility index (Phi) is 4.60. The van der Waals surface area contributed by atoms with Crippen LogP contribution in [-0.2, 0) is 6.54 Å². The molecule has 0 spiro atoms. The molecule has 0 aliphatic heterocycles. The topological polar surface area (TPSA) is 62.2 Å². The molecule has 1 amide bonds. The van der Waals surface area contributed by atoms with Crippen LogP contribution in [0, 0.1) is 0 Å². The third kappa shape index (κ3) is 3.88. The molecular formula is C17H13ClN2O2S. The predicted molar refractivity (Wildman–Crippen MR) is 91.8 cm³/mol. The number of amides is 1. The van der Waals surface area contributed by atoms with Gasteiger partial charge in [-0.25, -0.2) is 4.98 Å². The summed E-state index contributed by atoms with van der Waals surface area (Å²) in [5.74, 6) is 0.0579. The number of phenols is 1. The van der Waals surface area contributed by atoms with Gasteiger partial charge >= 0.3 is 0 Å². The number of benzene rings is 2. The van der Waals surface area contributed by atoms with E-state index in [1.54, 1.807) is 48.5 Å². The van der Waals surface area contributed by atoms with Gasteiger partial charge in [0.05, 0.1) is 12.2 Å². The van der Waals surface area contributed by atoms with Crippen molar-refractivity contribution in [2.24, 2.45) is 0 Å². The van der Waals surface area contributed by atoms with E-state index >= 15 is 0 Å². The smallest absolute Gasteiger partial charge is 0.251 e. The minimum absolute atomic E-state index is 0.164. The highest BCUT2D eigenvalue weighted by molar-refractivity contribution is 7.09. The van der Waals surface area contributed by atoms with E-state index in [0.29, 0.717) is 17.1 Å². The third-order valence-electron chi connectivity index (χ3n) is 3.22. The van der Waals surface area contributed by atoms with Crippen LogP contribution in [0.1, 0.15) is 15.4 Å². The number of aromatic nitrogens is 1. The molecule has 0 saturated heterocycles. The number of aromatic hydroxyl groups is 1. The molecular weight excluding hydrogens is 332 g/mol. The van der Waals surface area contributed by atoms with Crippen molar-refractivity contribution in [2.45, 2.75) is 6.54 Å². The lowest BCUT2D eigenvalue weighted by molar-refractivity contribution is 0.0951. The Hall–Kier alpha value is -2.37. The number of nitrogens with one attached hydrogen (secondary N) is 1. The van der Waals surface area contributed by atoms with E-state index in [2.05, 4.69) is 10.3 Å². The van der Waals surface area contributed by atoms with Crippen molar-refractivity contribution in [3.63, 3.8) is 0 Å². The van der Waals surface area contributed by atoms with E-state index in [4.69, 9.17) is 11.6 Å². The van der Waals surface area contributed by atoms with Crippen LogP contribution in [0.2, 0.25) is 5.02 Å². The summed E-state index contributed by atoms with van der Waals surface area (Å²) in [5, 5.41) is 15.5. The summed E-state index contributed by atoms with van der Waals surface area (Å²) < 4.78 is 0. The van der Waals surface area contributed by atoms with Crippen LogP contribution < -0.4 is 5.32 Å². The van der Waals surface area contributed by atoms with Gasteiger partial charge in [-0.15, -0.1) is 11.3 Å². The van der Waals surface area contributed by atoms with Crippen molar-refractivity contribution in [1.29, 1.82) is 0 Å². The molecule has 116 valence electrons. The maximum absolute atomic E-state index is 12.0.